The predicted octanol–water partition coefficient (Wildman–Crippen LogP) is 5.42. The van der Waals surface area contributed by atoms with Crippen LogP contribution in [0.4, 0.5) is 5.13 Å². The second-order valence-electron chi connectivity index (χ2n) is 6.87. The lowest BCUT2D eigenvalue weighted by molar-refractivity contribution is -0.115. The molecule has 4 aromatic rings. The van der Waals surface area contributed by atoms with E-state index < -0.39 is 0 Å². The molecule has 1 N–H and O–H groups in total. The average Bonchev–Trinajstić information content (AvgIpc) is 3.48. The molecule has 2 aromatic carbocycles. The average molecular weight is 470 g/mol. The number of thiazole rings is 2. The standard InChI is InChI=1S/C22H16ClN3O3S2/c23-15-3-1-2-13(6-15)7-21-24-16(10-30-21)9-20(27)26-22-25-17(11-31-22)14-4-5-18-19(8-14)29-12-28-18/h1-6,8,10-11H,7,9,12H2,(H,25,26,27). The number of anilines is 1. The van der Waals surface area contributed by atoms with Gasteiger partial charge in [0.1, 0.15) is 0 Å². The Kier molecular flexibility index (Phi) is 5.59. The fourth-order valence-electron chi connectivity index (χ4n) is 3.18. The fraction of sp³-hybridized carbons (Fsp3) is 0.136. The van der Waals surface area contributed by atoms with Gasteiger partial charge in [-0.1, -0.05) is 23.7 Å². The number of fused-ring (bicyclic) bond motifs is 1. The van der Waals surface area contributed by atoms with Crippen LogP contribution in [0.25, 0.3) is 11.3 Å². The third kappa shape index (κ3) is 4.71. The van der Waals surface area contributed by atoms with Gasteiger partial charge in [-0.3, -0.25) is 4.79 Å². The molecule has 9 heteroatoms. The van der Waals surface area contributed by atoms with Crippen molar-refractivity contribution in [1.82, 2.24) is 9.97 Å². The highest BCUT2D eigenvalue weighted by molar-refractivity contribution is 7.14. The number of hydrogen-bond acceptors (Lipinski definition) is 7. The summed E-state index contributed by atoms with van der Waals surface area (Å²) in [6, 6.07) is 13.4. The molecule has 0 spiro atoms. The molecule has 156 valence electrons. The van der Waals surface area contributed by atoms with E-state index in [-0.39, 0.29) is 19.1 Å². The van der Waals surface area contributed by atoms with Crippen molar-refractivity contribution in [2.45, 2.75) is 12.8 Å². The summed E-state index contributed by atoms with van der Waals surface area (Å²) in [7, 11) is 0. The highest BCUT2D eigenvalue weighted by Gasteiger charge is 2.16. The van der Waals surface area contributed by atoms with Gasteiger partial charge in [0.05, 0.1) is 22.8 Å². The number of benzene rings is 2. The van der Waals surface area contributed by atoms with Crippen LogP contribution in [0.1, 0.15) is 16.3 Å². The summed E-state index contributed by atoms with van der Waals surface area (Å²) in [5.74, 6) is 1.28. The SMILES string of the molecule is O=C(Cc1csc(Cc2cccc(Cl)c2)n1)Nc1nc(-c2ccc3c(c2)OCO3)cs1. The third-order valence-electron chi connectivity index (χ3n) is 4.60. The predicted molar refractivity (Wildman–Crippen MR) is 122 cm³/mol. The lowest BCUT2D eigenvalue weighted by Gasteiger charge is -2.01. The first-order valence-electron chi connectivity index (χ1n) is 9.45. The van der Waals surface area contributed by atoms with Crippen LogP contribution < -0.4 is 14.8 Å². The molecule has 1 aliphatic heterocycles. The normalized spacial score (nSPS) is 12.2. The second kappa shape index (κ2) is 8.66. The second-order valence-corrected chi connectivity index (χ2v) is 9.11. The molecule has 1 amide bonds. The lowest BCUT2D eigenvalue weighted by Crippen LogP contribution is -2.14. The molecular formula is C22H16ClN3O3S2. The number of amides is 1. The molecule has 3 heterocycles. The Hall–Kier alpha value is -2.94. The van der Waals surface area contributed by atoms with E-state index in [1.807, 2.05) is 53.2 Å². The van der Waals surface area contributed by atoms with Gasteiger partial charge in [0.15, 0.2) is 16.6 Å². The van der Waals surface area contributed by atoms with E-state index in [0.29, 0.717) is 22.3 Å². The maximum Gasteiger partial charge on any atom is 0.232 e. The van der Waals surface area contributed by atoms with Crippen LogP contribution in [0, 0.1) is 0 Å². The molecule has 0 radical (unpaired) electrons. The molecule has 1 aliphatic rings. The summed E-state index contributed by atoms with van der Waals surface area (Å²) in [6.07, 6.45) is 0.892. The Morgan fingerprint density at radius 1 is 1.06 bits per heavy atom. The van der Waals surface area contributed by atoms with Crippen LogP contribution in [-0.2, 0) is 17.6 Å². The Labute approximate surface area is 191 Å². The molecule has 0 bridgehead atoms. The summed E-state index contributed by atoms with van der Waals surface area (Å²) < 4.78 is 10.8. The minimum atomic E-state index is -0.147. The number of aromatic nitrogens is 2. The van der Waals surface area contributed by atoms with E-state index in [0.717, 1.165) is 33.3 Å². The minimum absolute atomic E-state index is 0.147. The monoisotopic (exact) mass is 469 g/mol. The third-order valence-corrected chi connectivity index (χ3v) is 6.49. The summed E-state index contributed by atoms with van der Waals surface area (Å²) in [4.78, 5) is 21.6. The summed E-state index contributed by atoms with van der Waals surface area (Å²) >= 11 is 8.96. The molecule has 0 saturated heterocycles. The van der Waals surface area contributed by atoms with Crippen LogP contribution in [0.3, 0.4) is 0 Å². The summed E-state index contributed by atoms with van der Waals surface area (Å²) in [5.41, 5.74) is 3.52. The van der Waals surface area contributed by atoms with Crippen LogP contribution in [-0.4, -0.2) is 22.7 Å². The van der Waals surface area contributed by atoms with E-state index >= 15 is 0 Å². The van der Waals surface area contributed by atoms with Crippen molar-refractivity contribution in [3.05, 3.63) is 74.5 Å². The Morgan fingerprint density at radius 2 is 1.97 bits per heavy atom. The number of carbonyl (C=O) groups excluding carboxylic acids is 1. The lowest BCUT2D eigenvalue weighted by atomic mass is 10.1. The van der Waals surface area contributed by atoms with Gasteiger partial charge in [-0.05, 0) is 35.9 Å². The Balaban J connectivity index is 1.20. The van der Waals surface area contributed by atoms with E-state index in [9.17, 15) is 4.79 Å². The van der Waals surface area contributed by atoms with Gasteiger partial charge in [-0.25, -0.2) is 9.97 Å². The minimum Gasteiger partial charge on any atom is -0.454 e. The van der Waals surface area contributed by atoms with Crippen LogP contribution in [0.15, 0.2) is 53.2 Å². The molecular weight excluding hydrogens is 454 g/mol. The highest BCUT2D eigenvalue weighted by Crippen LogP contribution is 2.36. The van der Waals surface area contributed by atoms with Crippen molar-refractivity contribution in [2.75, 3.05) is 12.1 Å². The number of nitrogens with zero attached hydrogens (tertiary/aromatic N) is 2. The number of rotatable bonds is 6. The van der Waals surface area contributed by atoms with Gasteiger partial charge in [0, 0.05) is 27.8 Å². The van der Waals surface area contributed by atoms with Gasteiger partial charge in [-0.15, -0.1) is 22.7 Å². The topological polar surface area (TPSA) is 73.3 Å². The van der Waals surface area contributed by atoms with E-state index in [1.54, 1.807) is 11.3 Å². The maximum atomic E-state index is 12.5. The Bertz CT molecular complexity index is 1250. The zero-order valence-electron chi connectivity index (χ0n) is 16.1. The van der Waals surface area contributed by atoms with Gasteiger partial charge in [0.2, 0.25) is 12.7 Å². The van der Waals surface area contributed by atoms with E-state index in [2.05, 4.69) is 15.3 Å². The zero-order chi connectivity index (χ0) is 21.2. The number of nitrogens with one attached hydrogen (secondary N) is 1. The van der Waals surface area contributed by atoms with Gasteiger partial charge in [0.25, 0.3) is 0 Å². The van der Waals surface area contributed by atoms with Crippen molar-refractivity contribution in [2.24, 2.45) is 0 Å². The van der Waals surface area contributed by atoms with Crippen molar-refractivity contribution in [3.8, 4) is 22.8 Å². The van der Waals surface area contributed by atoms with Gasteiger partial charge >= 0.3 is 0 Å². The van der Waals surface area contributed by atoms with Gasteiger partial charge in [-0.2, -0.15) is 0 Å². The number of halogens is 1. The van der Waals surface area contributed by atoms with E-state index in [1.165, 1.54) is 11.3 Å². The molecule has 5 rings (SSSR count). The molecule has 2 aromatic heterocycles. The molecule has 0 aliphatic carbocycles. The largest absolute Gasteiger partial charge is 0.454 e. The Morgan fingerprint density at radius 3 is 2.87 bits per heavy atom. The van der Waals surface area contributed by atoms with Crippen LogP contribution in [0.2, 0.25) is 5.02 Å². The number of hydrogen-bond donors (Lipinski definition) is 1. The molecule has 0 saturated carbocycles. The quantitative estimate of drug-likeness (QED) is 0.408. The molecule has 6 nitrogen and oxygen atoms in total. The van der Waals surface area contributed by atoms with Crippen molar-refractivity contribution < 1.29 is 14.3 Å². The molecule has 0 atom stereocenters. The van der Waals surface area contributed by atoms with Crippen molar-refractivity contribution in [1.29, 1.82) is 0 Å². The first kappa shape index (κ1) is 20.0. The summed E-state index contributed by atoms with van der Waals surface area (Å²) in [5, 5.41) is 8.88. The maximum absolute atomic E-state index is 12.5. The smallest absolute Gasteiger partial charge is 0.232 e. The summed E-state index contributed by atoms with van der Waals surface area (Å²) in [6.45, 7) is 0.231. The van der Waals surface area contributed by atoms with E-state index in [4.69, 9.17) is 21.1 Å². The molecule has 0 fully saturated rings. The van der Waals surface area contributed by atoms with Crippen molar-refractivity contribution in [3.63, 3.8) is 0 Å². The highest BCUT2D eigenvalue weighted by atomic mass is 35.5. The van der Waals surface area contributed by atoms with Crippen LogP contribution in [0.5, 0.6) is 11.5 Å². The number of ether oxygens (including phenoxy) is 2. The van der Waals surface area contributed by atoms with Gasteiger partial charge < -0.3 is 14.8 Å². The molecule has 0 unspecified atom stereocenters. The molecule has 31 heavy (non-hydrogen) atoms. The first-order chi connectivity index (χ1) is 15.1. The zero-order valence-corrected chi connectivity index (χ0v) is 18.5. The van der Waals surface area contributed by atoms with Crippen LogP contribution >= 0.6 is 34.3 Å². The van der Waals surface area contributed by atoms with Crippen molar-refractivity contribution >= 4 is 45.3 Å². The fourth-order valence-corrected chi connectivity index (χ4v) is 4.96. The number of carbonyl (C=O) groups is 1. The first-order valence-corrected chi connectivity index (χ1v) is 11.6.